The van der Waals surface area contributed by atoms with Crippen molar-refractivity contribution in [3.05, 3.63) is 71.8 Å². The number of hydrogen-bond donors (Lipinski definition) is 0. The largest absolute Gasteiger partial charge is 0.508 e. The lowest BCUT2D eigenvalue weighted by Crippen LogP contribution is -2.19. The zero-order chi connectivity index (χ0) is 17.2. The van der Waals surface area contributed by atoms with Gasteiger partial charge in [0.15, 0.2) is 0 Å². The molecule has 0 heterocycles. The number of benzene rings is 2. The van der Waals surface area contributed by atoms with Gasteiger partial charge in [-0.2, -0.15) is 0 Å². The van der Waals surface area contributed by atoms with E-state index in [9.17, 15) is 4.79 Å². The topological polar surface area (TPSA) is 44.8 Å². The highest BCUT2D eigenvalue weighted by Gasteiger charge is 2.13. The van der Waals surface area contributed by atoms with Crippen LogP contribution < -0.4 is 4.74 Å². The van der Waals surface area contributed by atoms with Crippen molar-refractivity contribution < 1.29 is 19.0 Å². The molecule has 2 aromatic carbocycles. The zero-order valence-corrected chi connectivity index (χ0v) is 14.0. The molecule has 0 radical (unpaired) electrons. The lowest BCUT2D eigenvalue weighted by atomic mass is 10.1. The predicted molar refractivity (Wildman–Crippen MR) is 94.1 cm³/mol. The molecule has 4 nitrogen and oxygen atoms in total. The third kappa shape index (κ3) is 5.80. The molecule has 0 saturated heterocycles. The lowest BCUT2D eigenvalue weighted by molar-refractivity contribution is 0.0409. The maximum absolute atomic E-state index is 11.7. The van der Waals surface area contributed by atoms with Crippen LogP contribution in [0.25, 0.3) is 6.08 Å². The summed E-state index contributed by atoms with van der Waals surface area (Å²) in [6, 6.07) is 17.6. The summed E-state index contributed by atoms with van der Waals surface area (Å²) >= 11 is 0. The van der Waals surface area contributed by atoms with Gasteiger partial charge >= 0.3 is 6.16 Å². The Morgan fingerprint density at radius 1 is 1.08 bits per heavy atom. The Morgan fingerprint density at radius 2 is 1.79 bits per heavy atom. The molecule has 0 N–H and O–H groups in total. The first-order valence-electron chi connectivity index (χ1n) is 7.91. The summed E-state index contributed by atoms with van der Waals surface area (Å²) in [7, 11) is 1.63. The van der Waals surface area contributed by atoms with Gasteiger partial charge in [0.25, 0.3) is 0 Å². The number of rotatable bonds is 7. The molecule has 1 atom stereocenters. The van der Waals surface area contributed by atoms with E-state index >= 15 is 0 Å². The number of hydrogen-bond acceptors (Lipinski definition) is 4. The molecule has 0 spiro atoms. The molecule has 0 saturated carbocycles. The first-order valence-corrected chi connectivity index (χ1v) is 7.91. The fourth-order valence-corrected chi connectivity index (χ4v) is 2.20. The van der Waals surface area contributed by atoms with Crippen LogP contribution in [0.4, 0.5) is 4.79 Å². The van der Waals surface area contributed by atoms with E-state index in [0.717, 1.165) is 16.9 Å². The second-order valence-corrected chi connectivity index (χ2v) is 5.16. The molecule has 0 aromatic heterocycles. The van der Waals surface area contributed by atoms with Gasteiger partial charge in [0.2, 0.25) is 0 Å². The minimum Gasteiger partial charge on any atom is -0.497 e. The number of carbonyl (C=O) groups excluding carboxylic acids is 1. The summed E-state index contributed by atoms with van der Waals surface area (Å²) < 4.78 is 15.4. The molecule has 24 heavy (non-hydrogen) atoms. The molecular weight excluding hydrogens is 304 g/mol. The van der Waals surface area contributed by atoms with Crippen LogP contribution in [0.1, 0.15) is 18.1 Å². The summed E-state index contributed by atoms with van der Waals surface area (Å²) in [6.45, 7) is 2.04. The molecule has 2 rings (SSSR count). The number of carbonyl (C=O) groups is 1. The van der Waals surface area contributed by atoms with Gasteiger partial charge in [-0.15, -0.1) is 0 Å². The number of ether oxygens (including phenoxy) is 3. The Hall–Kier alpha value is -2.75. The summed E-state index contributed by atoms with van der Waals surface area (Å²) in [6.07, 6.45) is 3.31. The van der Waals surface area contributed by atoms with E-state index in [1.807, 2.05) is 66.7 Å². The predicted octanol–water partition coefficient (Wildman–Crippen LogP) is 4.49. The molecule has 2 aromatic rings. The van der Waals surface area contributed by atoms with Crippen LogP contribution in [-0.2, 0) is 15.9 Å². The van der Waals surface area contributed by atoms with Crippen LogP contribution in [0, 0.1) is 0 Å². The van der Waals surface area contributed by atoms with Gasteiger partial charge in [-0.05, 0) is 36.3 Å². The van der Waals surface area contributed by atoms with Crippen LogP contribution in [-0.4, -0.2) is 26.0 Å². The molecule has 0 aliphatic heterocycles. The smallest absolute Gasteiger partial charge is 0.497 e. The summed E-state index contributed by atoms with van der Waals surface area (Å²) in [5.74, 6) is 0.793. The maximum Gasteiger partial charge on any atom is 0.508 e. The van der Waals surface area contributed by atoms with Crippen LogP contribution in [0.3, 0.4) is 0 Å². The quantitative estimate of drug-likeness (QED) is 0.703. The van der Waals surface area contributed by atoms with Crippen molar-refractivity contribution in [2.45, 2.75) is 19.4 Å². The summed E-state index contributed by atoms with van der Waals surface area (Å²) in [5, 5.41) is 0. The van der Waals surface area contributed by atoms with Crippen LogP contribution in [0.5, 0.6) is 5.75 Å². The fourth-order valence-electron chi connectivity index (χ4n) is 2.20. The fraction of sp³-hybridized carbons (Fsp3) is 0.250. The first kappa shape index (κ1) is 17.6. The molecule has 0 bridgehead atoms. The Labute approximate surface area is 142 Å². The van der Waals surface area contributed by atoms with E-state index in [4.69, 9.17) is 14.2 Å². The van der Waals surface area contributed by atoms with Crippen molar-refractivity contribution in [3.63, 3.8) is 0 Å². The first-order chi connectivity index (χ1) is 11.7. The summed E-state index contributed by atoms with van der Waals surface area (Å²) in [5.41, 5.74) is 2.09. The van der Waals surface area contributed by atoms with Gasteiger partial charge < -0.3 is 14.2 Å². The van der Waals surface area contributed by atoms with E-state index in [2.05, 4.69) is 0 Å². The minimum atomic E-state index is -0.659. The molecule has 0 aliphatic carbocycles. The molecular formula is C20H22O4. The Bertz CT molecular complexity index is 647. The Balaban J connectivity index is 2.09. The highest BCUT2D eigenvalue weighted by Crippen LogP contribution is 2.15. The van der Waals surface area contributed by atoms with Crippen LogP contribution >= 0.6 is 0 Å². The lowest BCUT2D eigenvalue weighted by Gasteiger charge is -2.14. The van der Waals surface area contributed by atoms with Crippen molar-refractivity contribution in [3.8, 4) is 5.75 Å². The average molecular weight is 326 g/mol. The second kappa shape index (κ2) is 9.40. The number of methoxy groups -OCH3 is 1. The standard InChI is InChI=1S/C20H22O4/c1-3-23-20(21)24-19(14-9-16-7-5-4-6-8-16)15-17-10-12-18(22-2)13-11-17/h4-14,19H,3,15H2,1-2H3/b14-9+. The summed E-state index contributed by atoms with van der Waals surface area (Å²) in [4.78, 5) is 11.7. The third-order valence-electron chi connectivity index (χ3n) is 3.41. The van der Waals surface area contributed by atoms with Crippen molar-refractivity contribution in [2.24, 2.45) is 0 Å². The van der Waals surface area contributed by atoms with Crippen molar-refractivity contribution in [2.75, 3.05) is 13.7 Å². The van der Waals surface area contributed by atoms with Crippen molar-refractivity contribution in [1.82, 2.24) is 0 Å². The van der Waals surface area contributed by atoms with E-state index in [1.165, 1.54) is 0 Å². The normalized spacial score (nSPS) is 11.9. The second-order valence-electron chi connectivity index (χ2n) is 5.16. The molecule has 1 unspecified atom stereocenters. The molecule has 126 valence electrons. The van der Waals surface area contributed by atoms with Gasteiger partial charge in [-0.3, -0.25) is 0 Å². The van der Waals surface area contributed by atoms with E-state index in [1.54, 1.807) is 14.0 Å². The van der Waals surface area contributed by atoms with E-state index in [-0.39, 0.29) is 6.61 Å². The SMILES string of the molecule is CCOC(=O)OC(/C=C/c1ccccc1)Cc1ccc(OC)cc1. The van der Waals surface area contributed by atoms with Gasteiger partial charge in [0, 0.05) is 6.42 Å². The van der Waals surface area contributed by atoms with Gasteiger partial charge in [0.05, 0.1) is 13.7 Å². The van der Waals surface area contributed by atoms with Crippen LogP contribution in [0.2, 0.25) is 0 Å². The van der Waals surface area contributed by atoms with Gasteiger partial charge in [-0.25, -0.2) is 4.79 Å². The molecule has 0 amide bonds. The maximum atomic E-state index is 11.7. The van der Waals surface area contributed by atoms with E-state index < -0.39 is 12.3 Å². The molecule has 0 fully saturated rings. The average Bonchev–Trinajstić information content (AvgIpc) is 2.61. The third-order valence-corrected chi connectivity index (χ3v) is 3.41. The van der Waals surface area contributed by atoms with Gasteiger partial charge in [-0.1, -0.05) is 48.5 Å². The monoisotopic (exact) mass is 326 g/mol. The molecule has 0 aliphatic rings. The zero-order valence-electron chi connectivity index (χ0n) is 14.0. The van der Waals surface area contributed by atoms with E-state index in [0.29, 0.717) is 6.42 Å². The van der Waals surface area contributed by atoms with Crippen molar-refractivity contribution in [1.29, 1.82) is 0 Å². The van der Waals surface area contributed by atoms with Gasteiger partial charge in [0.1, 0.15) is 11.9 Å². The Morgan fingerprint density at radius 3 is 2.42 bits per heavy atom. The molecule has 4 heteroatoms. The van der Waals surface area contributed by atoms with Crippen molar-refractivity contribution >= 4 is 12.2 Å². The highest BCUT2D eigenvalue weighted by atomic mass is 16.7. The highest BCUT2D eigenvalue weighted by molar-refractivity contribution is 5.61. The Kier molecular flexibility index (Phi) is 6.90. The minimum absolute atomic E-state index is 0.288. The van der Waals surface area contributed by atoms with Crippen LogP contribution in [0.15, 0.2) is 60.7 Å².